The quantitative estimate of drug-likeness (QED) is 0.860. The summed E-state index contributed by atoms with van der Waals surface area (Å²) in [6.45, 7) is 12.9. The van der Waals surface area contributed by atoms with E-state index in [2.05, 4.69) is 80.3 Å². The molecule has 2 N–H and O–H groups in total. The fourth-order valence-electron chi connectivity index (χ4n) is 2.24. The largest absolute Gasteiger partial charge is 0.365 e. The molecule has 1 aromatic carbocycles. The zero-order valence-corrected chi connectivity index (χ0v) is 14.4. The number of nitrogens with zero attached hydrogens (tertiary/aromatic N) is 2. The third kappa shape index (κ3) is 4.45. The summed E-state index contributed by atoms with van der Waals surface area (Å²) in [5, 5.41) is 6.70. The lowest BCUT2D eigenvalue weighted by Gasteiger charge is -2.23. The van der Waals surface area contributed by atoms with Gasteiger partial charge in [0.2, 0.25) is 5.95 Å². The SMILES string of the molecule is CC(C)(C)Nc1ccnc(Nc2ccccc2C(C)(C)C)n1. The van der Waals surface area contributed by atoms with Crippen LogP contribution in [0.4, 0.5) is 17.5 Å². The second kappa shape index (κ2) is 5.95. The Morgan fingerprint density at radius 1 is 0.909 bits per heavy atom. The smallest absolute Gasteiger partial charge is 0.229 e. The maximum atomic E-state index is 4.54. The number of nitrogens with one attached hydrogen (secondary N) is 2. The predicted octanol–water partition coefficient (Wildman–Crippen LogP) is 4.73. The Kier molecular flexibility index (Phi) is 4.40. The van der Waals surface area contributed by atoms with E-state index < -0.39 is 0 Å². The minimum Gasteiger partial charge on any atom is -0.365 e. The molecule has 0 atom stereocenters. The molecular weight excluding hydrogens is 272 g/mol. The summed E-state index contributed by atoms with van der Waals surface area (Å²) in [6.07, 6.45) is 1.77. The van der Waals surface area contributed by atoms with Crippen molar-refractivity contribution >= 4 is 17.5 Å². The summed E-state index contributed by atoms with van der Waals surface area (Å²) in [6, 6.07) is 10.2. The van der Waals surface area contributed by atoms with E-state index in [0.29, 0.717) is 5.95 Å². The molecular formula is C18H26N4. The molecule has 0 radical (unpaired) electrons. The van der Waals surface area contributed by atoms with E-state index in [1.54, 1.807) is 6.20 Å². The number of anilines is 3. The van der Waals surface area contributed by atoms with E-state index in [-0.39, 0.29) is 11.0 Å². The zero-order chi connectivity index (χ0) is 16.4. The van der Waals surface area contributed by atoms with Gasteiger partial charge in [0.05, 0.1) is 0 Å². The number of hydrogen-bond acceptors (Lipinski definition) is 4. The highest BCUT2D eigenvalue weighted by atomic mass is 15.2. The number of para-hydroxylation sites is 1. The van der Waals surface area contributed by atoms with Gasteiger partial charge in [0, 0.05) is 17.4 Å². The van der Waals surface area contributed by atoms with Crippen molar-refractivity contribution in [1.82, 2.24) is 9.97 Å². The van der Waals surface area contributed by atoms with E-state index in [1.807, 2.05) is 12.1 Å². The first kappa shape index (κ1) is 16.3. The van der Waals surface area contributed by atoms with Crippen LogP contribution in [-0.2, 0) is 5.41 Å². The van der Waals surface area contributed by atoms with Crippen LogP contribution in [0.15, 0.2) is 36.5 Å². The van der Waals surface area contributed by atoms with Gasteiger partial charge in [-0.2, -0.15) is 4.98 Å². The van der Waals surface area contributed by atoms with Crippen molar-refractivity contribution in [3.8, 4) is 0 Å². The van der Waals surface area contributed by atoms with Gasteiger partial charge in [-0.1, -0.05) is 39.0 Å². The first-order valence-corrected chi connectivity index (χ1v) is 7.63. The summed E-state index contributed by atoms with van der Waals surface area (Å²) < 4.78 is 0. The molecule has 22 heavy (non-hydrogen) atoms. The predicted molar refractivity (Wildman–Crippen MR) is 93.8 cm³/mol. The molecule has 1 aromatic heterocycles. The molecule has 0 fully saturated rings. The van der Waals surface area contributed by atoms with Gasteiger partial charge in [-0.05, 0) is 43.9 Å². The Balaban J connectivity index is 2.27. The molecule has 118 valence electrons. The Hall–Kier alpha value is -2.10. The minimum atomic E-state index is -0.0328. The van der Waals surface area contributed by atoms with E-state index in [4.69, 9.17) is 0 Å². The molecule has 0 aliphatic rings. The second-order valence-electron chi connectivity index (χ2n) is 7.56. The molecule has 0 bridgehead atoms. The van der Waals surface area contributed by atoms with E-state index in [0.717, 1.165) is 11.5 Å². The van der Waals surface area contributed by atoms with Crippen LogP contribution in [0.1, 0.15) is 47.1 Å². The van der Waals surface area contributed by atoms with Crippen LogP contribution in [0.5, 0.6) is 0 Å². The van der Waals surface area contributed by atoms with Crippen molar-refractivity contribution in [3.05, 3.63) is 42.1 Å². The van der Waals surface area contributed by atoms with Crippen LogP contribution in [0.2, 0.25) is 0 Å². The summed E-state index contributed by atoms with van der Waals surface area (Å²) in [7, 11) is 0. The van der Waals surface area contributed by atoms with Gasteiger partial charge < -0.3 is 10.6 Å². The summed E-state index contributed by atoms with van der Waals surface area (Å²) >= 11 is 0. The average Bonchev–Trinajstić information content (AvgIpc) is 2.36. The van der Waals surface area contributed by atoms with Crippen LogP contribution in [0.3, 0.4) is 0 Å². The summed E-state index contributed by atoms with van der Waals surface area (Å²) in [4.78, 5) is 8.87. The lowest BCUT2D eigenvalue weighted by atomic mass is 9.86. The highest BCUT2D eigenvalue weighted by molar-refractivity contribution is 5.61. The number of hydrogen-bond donors (Lipinski definition) is 2. The fourth-order valence-corrected chi connectivity index (χ4v) is 2.24. The van der Waals surface area contributed by atoms with Gasteiger partial charge in [0.1, 0.15) is 5.82 Å². The van der Waals surface area contributed by atoms with Crippen LogP contribution in [-0.4, -0.2) is 15.5 Å². The number of benzene rings is 1. The van der Waals surface area contributed by atoms with Crippen molar-refractivity contribution in [3.63, 3.8) is 0 Å². The van der Waals surface area contributed by atoms with Gasteiger partial charge in [-0.25, -0.2) is 4.98 Å². The molecule has 4 nitrogen and oxygen atoms in total. The van der Waals surface area contributed by atoms with Crippen LogP contribution in [0.25, 0.3) is 0 Å². The molecule has 0 aliphatic heterocycles. The summed E-state index contributed by atoms with van der Waals surface area (Å²) in [5.41, 5.74) is 2.32. The average molecular weight is 298 g/mol. The maximum Gasteiger partial charge on any atom is 0.229 e. The van der Waals surface area contributed by atoms with Gasteiger partial charge >= 0.3 is 0 Å². The molecule has 0 saturated carbocycles. The van der Waals surface area contributed by atoms with Crippen LogP contribution in [0, 0.1) is 0 Å². The van der Waals surface area contributed by atoms with Crippen LogP contribution < -0.4 is 10.6 Å². The summed E-state index contributed by atoms with van der Waals surface area (Å²) in [5.74, 6) is 1.42. The van der Waals surface area contributed by atoms with Gasteiger partial charge in [0.15, 0.2) is 0 Å². The molecule has 0 saturated heterocycles. The standard InChI is InChI=1S/C18H26N4/c1-17(2,3)13-9-7-8-10-14(13)20-16-19-12-11-15(21-16)22-18(4,5)6/h7-12H,1-6H3,(H2,19,20,21,22). The Morgan fingerprint density at radius 3 is 2.23 bits per heavy atom. The Labute approximate surface area is 133 Å². The molecule has 0 aliphatic carbocycles. The fraction of sp³-hybridized carbons (Fsp3) is 0.444. The molecule has 0 spiro atoms. The van der Waals surface area contributed by atoms with Gasteiger partial charge in [-0.3, -0.25) is 0 Å². The van der Waals surface area contributed by atoms with E-state index in [9.17, 15) is 0 Å². The van der Waals surface area contributed by atoms with Gasteiger partial charge in [-0.15, -0.1) is 0 Å². The highest BCUT2D eigenvalue weighted by Crippen LogP contribution is 2.30. The Bertz CT molecular complexity index is 636. The second-order valence-corrected chi connectivity index (χ2v) is 7.56. The molecule has 4 heteroatoms. The maximum absolute atomic E-state index is 4.54. The van der Waals surface area contributed by atoms with Crippen molar-refractivity contribution in [2.24, 2.45) is 0 Å². The normalized spacial score (nSPS) is 12.1. The third-order valence-corrected chi connectivity index (χ3v) is 3.14. The van der Waals surface area contributed by atoms with Crippen molar-refractivity contribution in [2.45, 2.75) is 52.5 Å². The number of rotatable bonds is 3. The van der Waals surface area contributed by atoms with Crippen molar-refractivity contribution in [1.29, 1.82) is 0 Å². The molecule has 0 amide bonds. The van der Waals surface area contributed by atoms with E-state index >= 15 is 0 Å². The van der Waals surface area contributed by atoms with Crippen molar-refractivity contribution < 1.29 is 0 Å². The van der Waals surface area contributed by atoms with E-state index in [1.165, 1.54) is 5.56 Å². The molecule has 2 aromatic rings. The first-order chi connectivity index (χ1) is 10.1. The zero-order valence-electron chi connectivity index (χ0n) is 14.4. The topological polar surface area (TPSA) is 49.8 Å². The van der Waals surface area contributed by atoms with Crippen molar-refractivity contribution in [2.75, 3.05) is 10.6 Å². The third-order valence-electron chi connectivity index (χ3n) is 3.14. The molecule has 0 unspecified atom stereocenters. The molecule has 1 heterocycles. The first-order valence-electron chi connectivity index (χ1n) is 7.63. The minimum absolute atomic E-state index is 0.0328. The lowest BCUT2D eigenvalue weighted by Crippen LogP contribution is -2.26. The van der Waals surface area contributed by atoms with Crippen LogP contribution >= 0.6 is 0 Å². The Morgan fingerprint density at radius 2 is 1.59 bits per heavy atom. The monoisotopic (exact) mass is 298 g/mol. The highest BCUT2D eigenvalue weighted by Gasteiger charge is 2.18. The van der Waals surface area contributed by atoms with Gasteiger partial charge in [0.25, 0.3) is 0 Å². The lowest BCUT2D eigenvalue weighted by molar-refractivity contribution is 0.592. The number of aromatic nitrogens is 2. The molecule has 2 rings (SSSR count).